The van der Waals surface area contributed by atoms with Gasteiger partial charge in [-0.2, -0.15) is 13.2 Å². The minimum absolute atomic E-state index is 0.339. The lowest BCUT2D eigenvalue weighted by atomic mass is 10.0. The number of carbonyl (C=O) groups is 1. The van der Waals surface area contributed by atoms with Crippen LogP contribution in [0.25, 0.3) is 33.3 Å². The van der Waals surface area contributed by atoms with Crippen LogP contribution in [0.1, 0.15) is 13.8 Å². The predicted octanol–water partition coefficient (Wildman–Crippen LogP) is 4.04. The zero-order valence-electron chi connectivity index (χ0n) is 16.7. The first-order chi connectivity index (χ1) is 14.6. The number of hydrogen-bond donors (Lipinski definition) is 3. The highest BCUT2D eigenvalue weighted by atomic mass is 19.4. The summed E-state index contributed by atoms with van der Waals surface area (Å²) >= 11 is 0. The highest BCUT2D eigenvalue weighted by molar-refractivity contribution is 5.97. The van der Waals surface area contributed by atoms with Gasteiger partial charge in [0.25, 0.3) is 0 Å². The smallest absolute Gasteiger partial charge is 0.356 e. The molecule has 160 valence electrons. The maximum absolute atomic E-state index is 12.5. The Hall–Kier alpha value is -3.69. The van der Waals surface area contributed by atoms with Crippen molar-refractivity contribution in [3.8, 4) is 11.4 Å². The van der Waals surface area contributed by atoms with Gasteiger partial charge in [0.2, 0.25) is 5.91 Å². The van der Waals surface area contributed by atoms with Gasteiger partial charge in [-0.1, -0.05) is 12.1 Å². The summed E-state index contributed by atoms with van der Waals surface area (Å²) in [6.07, 6.45) is -1.09. The van der Waals surface area contributed by atoms with Crippen LogP contribution in [0.3, 0.4) is 0 Å². The number of carbonyl (C=O) groups excluding carboxylic acids is 1. The Kier molecular flexibility index (Phi) is 5.00. The van der Waals surface area contributed by atoms with E-state index in [4.69, 9.17) is 0 Å². The van der Waals surface area contributed by atoms with Crippen LogP contribution in [0.15, 0.2) is 48.8 Å². The van der Waals surface area contributed by atoms with Crippen LogP contribution in [0.5, 0.6) is 0 Å². The maximum Gasteiger partial charge on any atom is 0.405 e. The van der Waals surface area contributed by atoms with Crippen molar-refractivity contribution in [3.05, 3.63) is 48.8 Å². The van der Waals surface area contributed by atoms with E-state index in [1.54, 1.807) is 36.7 Å². The highest BCUT2D eigenvalue weighted by Gasteiger charge is 2.33. The number of benzene rings is 1. The zero-order chi connectivity index (χ0) is 22.2. The molecule has 0 aliphatic rings. The number of halogens is 3. The SMILES string of the molecule is CC(C)(Nc1nc(-c2c[nH]c3ncccc23)nc2ccccc12)C(=O)NCC(F)(F)F. The van der Waals surface area contributed by atoms with Gasteiger partial charge in [-0.25, -0.2) is 15.0 Å². The summed E-state index contributed by atoms with van der Waals surface area (Å²) in [5.74, 6) is -0.0664. The van der Waals surface area contributed by atoms with Crippen LogP contribution >= 0.6 is 0 Å². The summed E-state index contributed by atoms with van der Waals surface area (Å²) < 4.78 is 37.5. The van der Waals surface area contributed by atoms with Crippen molar-refractivity contribution in [2.45, 2.75) is 25.6 Å². The first-order valence-electron chi connectivity index (χ1n) is 9.46. The average molecular weight is 428 g/mol. The van der Waals surface area contributed by atoms with Gasteiger partial charge in [0.15, 0.2) is 5.82 Å². The fraction of sp³-hybridized carbons (Fsp3) is 0.238. The number of nitrogens with zero attached hydrogens (tertiary/aromatic N) is 3. The highest BCUT2D eigenvalue weighted by Crippen LogP contribution is 2.30. The Bertz CT molecular complexity index is 1260. The molecule has 0 aliphatic heterocycles. The molecule has 7 nitrogen and oxygen atoms in total. The molecule has 3 heterocycles. The second-order valence-corrected chi connectivity index (χ2v) is 7.56. The van der Waals surface area contributed by atoms with E-state index in [1.165, 1.54) is 13.8 Å². The molecule has 0 saturated carbocycles. The molecule has 3 N–H and O–H groups in total. The van der Waals surface area contributed by atoms with Gasteiger partial charge in [-0.15, -0.1) is 0 Å². The third-order valence-corrected chi connectivity index (χ3v) is 4.74. The second kappa shape index (κ2) is 7.53. The van der Waals surface area contributed by atoms with Crippen LogP contribution < -0.4 is 10.6 Å². The van der Waals surface area contributed by atoms with Crippen LogP contribution in [-0.2, 0) is 4.79 Å². The molecule has 0 atom stereocenters. The number of pyridine rings is 1. The molecule has 0 bridgehead atoms. The quantitative estimate of drug-likeness (QED) is 0.446. The predicted molar refractivity (Wildman–Crippen MR) is 111 cm³/mol. The maximum atomic E-state index is 12.5. The van der Waals surface area contributed by atoms with Crippen LogP contribution in [0.2, 0.25) is 0 Å². The van der Waals surface area contributed by atoms with Crippen LogP contribution in [-0.4, -0.2) is 44.1 Å². The normalized spacial score (nSPS) is 12.3. The van der Waals surface area contributed by atoms with Gasteiger partial charge in [0.05, 0.1) is 5.52 Å². The van der Waals surface area contributed by atoms with E-state index >= 15 is 0 Å². The summed E-state index contributed by atoms with van der Waals surface area (Å²) in [6, 6.07) is 10.9. The molecule has 0 unspecified atom stereocenters. The number of alkyl halides is 3. The summed E-state index contributed by atoms with van der Waals surface area (Å²) in [6.45, 7) is 1.57. The molecule has 1 aromatic carbocycles. The number of rotatable bonds is 5. The fourth-order valence-corrected chi connectivity index (χ4v) is 3.19. The Morgan fingerprint density at radius 3 is 2.58 bits per heavy atom. The molecular weight excluding hydrogens is 409 g/mol. The van der Waals surface area contributed by atoms with Crippen molar-refractivity contribution in [2.24, 2.45) is 0 Å². The Morgan fingerprint density at radius 2 is 1.81 bits per heavy atom. The topological polar surface area (TPSA) is 95.6 Å². The summed E-state index contributed by atoms with van der Waals surface area (Å²) in [5, 5.41) is 6.37. The zero-order valence-corrected chi connectivity index (χ0v) is 16.7. The Balaban J connectivity index is 1.74. The molecule has 0 aliphatic carbocycles. The van der Waals surface area contributed by atoms with E-state index in [1.807, 2.05) is 17.4 Å². The number of fused-ring (bicyclic) bond motifs is 2. The monoisotopic (exact) mass is 428 g/mol. The molecular formula is C21H19F3N6O. The molecule has 0 saturated heterocycles. The van der Waals surface area contributed by atoms with E-state index < -0.39 is 24.2 Å². The second-order valence-electron chi connectivity index (χ2n) is 7.56. The van der Waals surface area contributed by atoms with Crippen molar-refractivity contribution in [2.75, 3.05) is 11.9 Å². The number of para-hydroxylation sites is 1. The molecule has 0 spiro atoms. The molecule has 0 radical (unpaired) electrons. The number of hydrogen-bond acceptors (Lipinski definition) is 5. The fourth-order valence-electron chi connectivity index (χ4n) is 3.19. The molecule has 1 amide bonds. The Morgan fingerprint density at radius 1 is 1.06 bits per heavy atom. The minimum Gasteiger partial charge on any atom is -0.356 e. The van der Waals surface area contributed by atoms with E-state index in [0.29, 0.717) is 28.2 Å². The van der Waals surface area contributed by atoms with E-state index in [2.05, 4.69) is 25.3 Å². The first kappa shape index (κ1) is 20.6. The summed E-state index contributed by atoms with van der Waals surface area (Å²) in [4.78, 5) is 29.0. The number of H-pyrrole nitrogens is 1. The molecule has 0 fully saturated rings. The molecule has 4 rings (SSSR count). The number of aromatic nitrogens is 4. The van der Waals surface area contributed by atoms with E-state index in [0.717, 1.165) is 10.9 Å². The van der Waals surface area contributed by atoms with Crippen molar-refractivity contribution < 1.29 is 18.0 Å². The first-order valence-corrected chi connectivity index (χ1v) is 9.46. The third kappa shape index (κ3) is 4.27. The lowest BCUT2D eigenvalue weighted by Gasteiger charge is -2.26. The molecule has 10 heteroatoms. The number of nitrogens with one attached hydrogen (secondary N) is 3. The lowest BCUT2D eigenvalue weighted by Crippen LogP contribution is -2.50. The molecule has 4 aromatic rings. The number of aromatic amines is 1. The minimum atomic E-state index is -4.50. The van der Waals surface area contributed by atoms with Gasteiger partial charge in [-0.3, -0.25) is 4.79 Å². The van der Waals surface area contributed by atoms with Gasteiger partial charge in [0, 0.05) is 28.7 Å². The van der Waals surface area contributed by atoms with Crippen LogP contribution in [0.4, 0.5) is 19.0 Å². The van der Waals surface area contributed by atoms with Crippen LogP contribution in [0, 0.1) is 0 Å². The van der Waals surface area contributed by atoms with Gasteiger partial charge in [0.1, 0.15) is 23.5 Å². The van der Waals surface area contributed by atoms with Gasteiger partial charge in [-0.05, 0) is 38.1 Å². The average Bonchev–Trinajstić information content (AvgIpc) is 3.15. The summed E-state index contributed by atoms with van der Waals surface area (Å²) in [7, 11) is 0. The van der Waals surface area contributed by atoms with Crippen molar-refractivity contribution in [1.82, 2.24) is 25.3 Å². The number of anilines is 1. The van der Waals surface area contributed by atoms with Crippen molar-refractivity contribution >= 4 is 33.7 Å². The standard InChI is InChI=1S/C21H19F3N6O/c1-20(2,19(31)27-11-21(22,23)24)30-18-13-6-3-4-8-15(13)28-17(29-18)14-10-26-16-12(14)7-5-9-25-16/h3-10H,11H2,1-2H3,(H,25,26)(H,27,31)(H,28,29,30). The van der Waals surface area contributed by atoms with Gasteiger partial charge >= 0.3 is 6.18 Å². The molecule has 3 aromatic heterocycles. The van der Waals surface area contributed by atoms with Crippen molar-refractivity contribution in [1.29, 1.82) is 0 Å². The Labute approximate surface area is 175 Å². The van der Waals surface area contributed by atoms with Crippen molar-refractivity contribution in [3.63, 3.8) is 0 Å². The van der Waals surface area contributed by atoms with Gasteiger partial charge < -0.3 is 15.6 Å². The van der Waals surface area contributed by atoms with E-state index in [9.17, 15) is 18.0 Å². The number of amides is 1. The molecule has 31 heavy (non-hydrogen) atoms. The summed E-state index contributed by atoms with van der Waals surface area (Å²) in [5.41, 5.74) is 0.660. The van der Waals surface area contributed by atoms with E-state index in [-0.39, 0.29) is 0 Å². The largest absolute Gasteiger partial charge is 0.405 e. The lowest BCUT2D eigenvalue weighted by molar-refractivity contribution is -0.140. The third-order valence-electron chi connectivity index (χ3n) is 4.74.